The lowest BCUT2D eigenvalue weighted by molar-refractivity contribution is 0.0523. The third-order valence-electron chi connectivity index (χ3n) is 4.90. The van der Waals surface area contributed by atoms with Crippen molar-refractivity contribution in [3.05, 3.63) is 29.8 Å². The van der Waals surface area contributed by atoms with E-state index in [1.807, 2.05) is 18.2 Å². The first-order valence-corrected chi connectivity index (χ1v) is 8.57. The molecule has 0 amide bonds. The lowest BCUT2D eigenvalue weighted by Crippen LogP contribution is -2.51. The monoisotopic (exact) mass is 304 g/mol. The zero-order valence-corrected chi connectivity index (χ0v) is 13.5. The molecule has 2 fully saturated rings. The number of morpholine rings is 1. The van der Waals surface area contributed by atoms with E-state index < -0.39 is 0 Å². The first-order chi connectivity index (χ1) is 10.8. The second kappa shape index (κ2) is 7.95. The first-order valence-electron chi connectivity index (χ1n) is 8.57. The second-order valence-corrected chi connectivity index (χ2v) is 6.40. The van der Waals surface area contributed by atoms with E-state index in [4.69, 9.17) is 9.47 Å². The van der Waals surface area contributed by atoms with Gasteiger partial charge in [0.2, 0.25) is 0 Å². The number of benzene rings is 1. The molecule has 1 saturated carbocycles. The van der Waals surface area contributed by atoms with Gasteiger partial charge in [-0.15, -0.1) is 0 Å². The minimum Gasteiger partial charge on any atom is -0.492 e. The molecule has 0 aromatic heterocycles. The average molecular weight is 304 g/mol. The summed E-state index contributed by atoms with van der Waals surface area (Å²) in [6.45, 7) is 6.43. The quantitative estimate of drug-likeness (QED) is 0.790. The molecule has 1 aliphatic heterocycles. The molecule has 1 aliphatic carbocycles. The highest BCUT2D eigenvalue weighted by atomic mass is 16.5. The molecule has 4 nitrogen and oxygen atoms in total. The Morgan fingerprint density at radius 1 is 1.32 bits per heavy atom. The van der Waals surface area contributed by atoms with E-state index in [1.165, 1.54) is 24.8 Å². The van der Waals surface area contributed by atoms with Crippen LogP contribution in [-0.2, 0) is 4.74 Å². The Morgan fingerprint density at radius 2 is 2.23 bits per heavy atom. The highest BCUT2D eigenvalue weighted by molar-refractivity contribution is 5.31. The number of hydrogen-bond acceptors (Lipinski definition) is 4. The molecule has 0 bridgehead atoms. The summed E-state index contributed by atoms with van der Waals surface area (Å²) in [5.74, 6) is 1.69. The van der Waals surface area contributed by atoms with Gasteiger partial charge in [-0.1, -0.05) is 24.6 Å². The van der Waals surface area contributed by atoms with E-state index in [9.17, 15) is 0 Å². The molecular weight excluding hydrogens is 276 g/mol. The molecule has 3 unspecified atom stereocenters. The van der Waals surface area contributed by atoms with E-state index in [1.54, 1.807) is 0 Å². The summed E-state index contributed by atoms with van der Waals surface area (Å²) < 4.78 is 11.5. The van der Waals surface area contributed by atoms with Crippen LogP contribution in [0.15, 0.2) is 24.3 Å². The van der Waals surface area contributed by atoms with E-state index in [0.29, 0.717) is 18.0 Å². The van der Waals surface area contributed by atoms with Crippen molar-refractivity contribution in [2.75, 3.05) is 32.9 Å². The number of rotatable bonds is 6. The smallest absolute Gasteiger partial charge is 0.122 e. The van der Waals surface area contributed by atoms with Crippen LogP contribution >= 0.6 is 0 Å². The Morgan fingerprint density at radius 3 is 3.05 bits per heavy atom. The number of ether oxygens (including phenoxy) is 2. The fourth-order valence-corrected chi connectivity index (χ4v) is 3.71. The number of hydrogen-bond donors (Lipinski definition) is 2. The molecule has 1 aromatic rings. The van der Waals surface area contributed by atoms with Gasteiger partial charge in [0, 0.05) is 25.2 Å². The van der Waals surface area contributed by atoms with Gasteiger partial charge < -0.3 is 20.1 Å². The summed E-state index contributed by atoms with van der Waals surface area (Å²) >= 11 is 0. The van der Waals surface area contributed by atoms with Crippen LogP contribution in [0.2, 0.25) is 0 Å². The molecule has 0 radical (unpaired) electrons. The molecule has 0 spiro atoms. The number of nitrogens with one attached hydrogen (secondary N) is 2. The third kappa shape index (κ3) is 4.00. The van der Waals surface area contributed by atoms with Crippen molar-refractivity contribution in [1.82, 2.24) is 10.6 Å². The topological polar surface area (TPSA) is 42.5 Å². The summed E-state index contributed by atoms with van der Waals surface area (Å²) in [6.07, 6.45) is 3.89. The van der Waals surface area contributed by atoms with Crippen LogP contribution in [0.1, 0.15) is 24.8 Å². The lowest BCUT2D eigenvalue weighted by atomic mass is 9.94. The highest BCUT2D eigenvalue weighted by Gasteiger charge is 2.34. The molecule has 22 heavy (non-hydrogen) atoms. The maximum Gasteiger partial charge on any atom is 0.122 e. The molecule has 4 heteroatoms. The number of para-hydroxylation sites is 1. The number of aryl methyl sites for hydroxylation is 1. The van der Waals surface area contributed by atoms with Gasteiger partial charge >= 0.3 is 0 Å². The summed E-state index contributed by atoms with van der Waals surface area (Å²) in [4.78, 5) is 0. The van der Waals surface area contributed by atoms with Crippen molar-refractivity contribution < 1.29 is 9.47 Å². The normalized spacial score (nSPS) is 28.7. The highest BCUT2D eigenvalue weighted by Crippen LogP contribution is 2.29. The summed E-state index contributed by atoms with van der Waals surface area (Å²) in [5, 5.41) is 7.32. The van der Waals surface area contributed by atoms with Crippen LogP contribution in [0, 0.1) is 12.8 Å². The largest absolute Gasteiger partial charge is 0.492 e. The van der Waals surface area contributed by atoms with Gasteiger partial charge in [-0.05, 0) is 37.3 Å². The predicted molar refractivity (Wildman–Crippen MR) is 88.4 cm³/mol. The maximum absolute atomic E-state index is 5.87. The van der Waals surface area contributed by atoms with Gasteiger partial charge in [0.1, 0.15) is 12.4 Å². The Bertz CT molecular complexity index is 460. The van der Waals surface area contributed by atoms with Crippen molar-refractivity contribution in [1.29, 1.82) is 0 Å². The molecule has 2 aliphatic rings. The van der Waals surface area contributed by atoms with Crippen LogP contribution in [-0.4, -0.2) is 45.0 Å². The maximum atomic E-state index is 5.87. The SMILES string of the molecule is Cc1ccccc1OCCNC1CCCC1C1COCCN1. The van der Waals surface area contributed by atoms with Crippen LogP contribution in [0.25, 0.3) is 0 Å². The lowest BCUT2D eigenvalue weighted by Gasteiger charge is -2.33. The second-order valence-electron chi connectivity index (χ2n) is 6.40. The van der Waals surface area contributed by atoms with Gasteiger partial charge in [0.05, 0.1) is 13.2 Å². The fourth-order valence-electron chi connectivity index (χ4n) is 3.71. The Balaban J connectivity index is 1.41. The molecule has 3 atom stereocenters. The summed E-state index contributed by atoms with van der Waals surface area (Å²) in [6, 6.07) is 9.31. The van der Waals surface area contributed by atoms with Gasteiger partial charge in [0.25, 0.3) is 0 Å². The van der Waals surface area contributed by atoms with Gasteiger partial charge in [-0.2, -0.15) is 0 Å². The van der Waals surface area contributed by atoms with E-state index in [-0.39, 0.29) is 0 Å². The van der Waals surface area contributed by atoms with Gasteiger partial charge in [-0.3, -0.25) is 0 Å². The van der Waals surface area contributed by atoms with Crippen molar-refractivity contribution in [3.8, 4) is 5.75 Å². The van der Waals surface area contributed by atoms with Crippen molar-refractivity contribution in [2.24, 2.45) is 5.92 Å². The van der Waals surface area contributed by atoms with Crippen molar-refractivity contribution in [3.63, 3.8) is 0 Å². The molecule has 122 valence electrons. The van der Waals surface area contributed by atoms with Crippen molar-refractivity contribution >= 4 is 0 Å². The summed E-state index contributed by atoms with van der Waals surface area (Å²) in [5.41, 5.74) is 1.20. The minimum atomic E-state index is 0.519. The van der Waals surface area contributed by atoms with Crippen molar-refractivity contribution in [2.45, 2.75) is 38.3 Å². The molecular formula is C18H28N2O2. The van der Waals surface area contributed by atoms with Crippen LogP contribution < -0.4 is 15.4 Å². The van der Waals surface area contributed by atoms with E-state index in [0.717, 1.165) is 38.7 Å². The third-order valence-corrected chi connectivity index (χ3v) is 4.90. The standard InChI is InChI=1S/C18H28N2O2/c1-14-5-2-3-8-18(14)22-12-10-19-16-7-4-6-15(16)17-13-21-11-9-20-17/h2-3,5,8,15-17,19-20H,4,6-7,9-13H2,1H3. The van der Waals surface area contributed by atoms with E-state index >= 15 is 0 Å². The molecule has 1 saturated heterocycles. The molecule has 1 heterocycles. The van der Waals surface area contributed by atoms with E-state index in [2.05, 4.69) is 23.6 Å². The average Bonchev–Trinajstić information content (AvgIpc) is 3.02. The fraction of sp³-hybridized carbons (Fsp3) is 0.667. The Kier molecular flexibility index (Phi) is 5.70. The Hall–Kier alpha value is -1.10. The zero-order chi connectivity index (χ0) is 15.2. The Labute approximate surface area is 133 Å². The predicted octanol–water partition coefficient (Wildman–Crippen LogP) is 2.12. The van der Waals surface area contributed by atoms with Crippen LogP contribution in [0.3, 0.4) is 0 Å². The molecule has 2 N–H and O–H groups in total. The molecule has 1 aromatic carbocycles. The van der Waals surface area contributed by atoms with Gasteiger partial charge in [-0.25, -0.2) is 0 Å². The first kappa shape index (κ1) is 15.8. The van der Waals surface area contributed by atoms with Gasteiger partial charge in [0.15, 0.2) is 0 Å². The molecule has 3 rings (SSSR count). The van der Waals surface area contributed by atoms with Crippen LogP contribution in [0.4, 0.5) is 0 Å². The minimum absolute atomic E-state index is 0.519. The summed E-state index contributed by atoms with van der Waals surface area (Å²) in [7, 11) is 0. The van der Waals surface area contributed by atoms with Crippen LogP contribution in [0.5, 0.6) is 5.75 Å². The zero-order valence-electron chi connectivity index (χ0n) is 13.5.